The van der Waals surface area contributed by atoms with E-state index in [9.17, 15) is 0 Å². The Labute approximate surface area is 57.8 Å². The van der Waals surface area contributed by atoms with Crippen molar-refractivity contribution in [1.82, 2.24) is 0 Å². The zero-order valence-corrected chi connectivity index (χ0v) is 6.14. The van der Waals surface area contributed by atoms with E-state index in [2.05, 4.69) is 18.9 Å². The molecule has 0 aliphatic carbocycles. The van der Waals surface area contributed by atoms with Crippen LogP contribution in [0.3, 0.4) is 0 Å². The third-order valence-corrected chi connectivity index (χ3v) is 1.87. The molecule has 0 spiro atoms. The van der Waals surface area contributed by atoms with Crippen LogP contribution in [0.25, 0.3) is 0 Å². The van der Waals surface area contributed by atoms with E-state index in [4.69, 9.17) is 0 Å². The summed E-state index contributed by atoms with van der Waals surface area (Å²) in [6.07, 6.45) is 5.36. The molecule has 0 N–H and O–H groups in total. The van der Waals surface area contributed by atoms with Crippen molar-refractivity contribution >= 4 is 7.07 Å². The van der Waals surface area contributed by atoms with Crippen molar-refractivity contribution in [2.45, 2.75) is 38.4 Å². The Morgan fingerprint density at radius 3 is 3.11 bits per heavy atom. The molecular formula is C7H14BN. The van der Waals surface area contributed by atoms with Crippen LogP contribution in [0.2, 0.25) is 5.82 Å². The summed E-state index contributed by atoms with van der Waals surface area (Å²) in [5, 5.41) is 0. The number of hydrogen-bond donors (Lipinski definition) is 0. The molecule has 9 heavy (non-hydrogen) atoms. The van der Waals surface area contributed by atoms with Crippen LogP contribution in [0.1, 0.15) is 32.6 Å². The van der Waals surface area contributed by atoms with Gasteiger partial charge in [-0.2, -0.15) is 0 Å². The molecule has 1 atom stereocenters. The zero-order valence-electron chi connectivity index (χ0n) is 6.14. The number of hydrogen-bond acceptors (Lipinski definition) is 1. The van der Waals surface area contributed by atoms with Crippen LogP contribution >= 0.6 is 0 Å². The fourth-order valence-corrected chi connectivity index (χ4v) is 1.22. The Bertz CT molecular complexity index is 101. The van der Waals surface area contributed by atoms with Crippen LogP contribution in [-0.2, 0) is 0 Å². The maximum absolute atomic E-state index is 4.19. The average Bonchev–Trinajstić information content (AvgIpc) is 2.34. The molecule has 0 fully saturated rings. The SMILES string of the molecule is CCCCC1B=NCC1. The van der Waals surface area contributed by atoms with Crippen LogP contribution in [0.4, 0.5) is 0 Å². The van der Waals surface area contributed by atoms with E-state index < -0.39 is 0 Å². The summed E-state index contributed by atoms with van der Waals surface area (Å²) in [6.45, 7) is 3.32. The molecule has 0 aromatic carbocycles. The van der Waals surface area contributed by atoms with E-state index >= 15 is 0 Å². The van der Waals surface area contributed by atoms with Crippen molar-refractivity contribution in [3.8, 4) is 0 Å². The second kappa shape index (κ2) is 3.81. The molecule has 0 aromatic rings. The molecule has 2 heteroatoms. The molecule has 50 valence electrons. The summed E-state index contributed by atoms with van der Waals surface area (Å²) in [6, 6.07) is 0. The van der Waals surface area contributed by atoms with Gasteiger partial charge in [0.05, 0.1) is 0 Å². The molecule has 1 aliphatic heterocycles. The quantitative estimate of drug-likeness (QED) is 0.510. The molecule has 1 heterocycles. The maximum atomic E-state index is 4.19. The second-order valence-electron chi connectivity index (χ2n) is 2.75. The predicted octanol–water partition coefficient (Wildman–Crippen LogP) is 2.26. The first kappa shape index (κ1) is 6.98. The number of unbranched alkanes of at least 4 members (excludes halogenated alkanes) is 1. The monoisotopic (exact) mass is 123 g/mol. The van der Waals surface area contributed by atoms with Crippen molar-refractivity contribution in [3.05, 3.63) is 0 Å². The predicted molar refractivity (Wildman–Crippen MR) is 40.9 cm³/mol. The van der Waals surface area contributed by atoms with Crippen LogP contribution in [0.15, 0.2) is 4.90 Å². The van der Waals surface area contributed by atoms with Crippen molar-refractivity contribution in [2.24, 2.45) is 4.90 Å². The first-order valence-electron chi connectivity index (χ1n) is 3.93. The molecule has 0 amide bonds. The van der Waals surface area contributed by atoms with Gasteiger partial charge in [-0.1, -0.05) is 0 Å². The summed E-state index contributed by atoms with van der Waals surface area (Å²) in [4.78, 5) is 4.19. The summed E-state index contributed by atoms with van der Waals surface area (Å²) in [5.41, 5.74) is 0. The van der Waals surface area contributed by atoms with E-state index in [-0.39, 0.29) is 0 Å². The van der Waals surface area contributed by atoms with Gasteiger partial charge >= 0.3 is 56.9 Å². The Morgan fingerprint density at radius 2 is 2.56 bits per heavy atom. The Morgan fingerprint density at radius 1 is 1.67 bits per heavy atom. The van der Waals surface area contributed by atoms with Gasteiger partial charge < -0.3 is 0 Å². The summed E-state index contributed by atoms with van der Waals surface area (Å²) in [5.74, 6) is 0.824. The molecule has 0 radical (unpaired) electrons. The molecular weight excluding hydrogens is 109 g/mol. The summed E-state index contributed by atoms with van der Waals surface area (Å²) < 4.78 is 0. The molecule has 0 saturated carbocycles. The molecule has 1 nitrogen and oxygen atoms in total. The van der Waals surface area contributed by atoms with Crippen LogP contribution in [0.5, 0.6) is 0 Å². The van der Waals surface area contributed by atoms with E-state index in [1.54, 1.807) is 0 Å². The van der Waals surface area contributed by atoms with Crippen molar-refractivity contribution in [1.29, 1.82) is 0 Å². The van der Waals surface area contributed by atoms with Crippen LogP contribution in [-0.4, -0.2) is 13.6 Å². The summed E-state index contributed by atoms with van der Waals surface area (Å²) >= 11 is 0. The number of nitrogens with zero attached hydrogens (tertiary/aromatic N) is 1. The molecule has 1 rings (SSSR count). The fraction of sp³-hybridized carbons (Fsp3) is 1.00. The van der Waals surface area contributed by atoms with Gasteiger partial charge in [0.25, 0.3) is 0 Å². The summed E-state index contributed by atoms with van der Waals surface area (Å²) in [7, 11) is 2.13. The van der Waals surface area contributed by atoms with Gasteiger partial charge in [-0.3, -0.25) is 0 Å². The van der Waals surface area contributed by atoms with E-state index in [0.717, 1.165) is 12.4 Å². The van der Waals surface area contributed by atoms with E-state index in [1.165, 1.54) is 25.7 Å². The van der Waals surface area contributed by atoms with E-state index in [0.29, 0.717) is 0 Å². The van der Waals surface area contributed by atoms with Crippen LogP contribution < -0.4 is 0 Å². The first-order chi connectivity index (χ1) is 4.43. The third kappa shape index (κ3) is 2.29. The second-order valence-corrected chi connectivity index (χ2v) is 2.75. The van der Waals surface area contributed by atoms with Gasteiger partial charge in [-0.25, -0.2) is 0 Å². The molecule has 0 saturated heterocycles. The van der Waals surface area contributed by atoms with Gasteiger partial charge in [-0.05, 0) is 0 Å². The normalized spacial score (nSPS) is 24.3. The van der Waals surface area contributed by atoms with Gasteiger partial charge in [0.1, 0.15) is 0 Å². The van der Waals surface area contributed by atoms with Gasteiger partial charge in [0.2, 0.25) is 0 Å². The average molecular weight is 123 g/mol. The Hall–Kier alpha value is -0.135. The molecule has 1 aliphatic rings. The van der Waals surface area contributed by atoms with E-state index in [1.807, 2.05) is 0 Å². The molecule has 0 bridgehead atoms. The topological polar surface area (TPSA) is 12.4 Å². The Balaban J connectivity index is 2.05. The van der Waals surface area contributed by atoms with Crippen molar-refractivity contribution in [2.75, 3.05) is 6.54 Å². The van der Waals surface area contributed by atoms with Gasteiger partial charge in [-0.15, -0.1) is 0 Å². The molecule has 1 unspecified atom stereocenters. The third-order valence-electron chi connectivity index (χ3n) is 1.87. The number of rotatable bonds is 3. The van der Waals surface area contributed by atoms with Crippen molar-refractivity contribution < 1.29 is 0 Å². The zero-order chi connectivity index (χ0) is 6.53. The minimum atomic E-state index is 0.824. The van der Waals surface area contributed by atoms with Gasteiger partial charge in [0, 0.05) is 0 Å². The Kier molecular flexibility index (Phi) is 2.95. The minimum absolute atomic E-state index is 0.824. The fourth-order valence-electron chi connectivity index (χ4n) is 1.22. The van der Waals surface area contributed by atoms with Crippen LogP contribution in [0, 0.1) is 0 Å². The van der Waals surface area contributed by atoms with Gasteiger partial charge in [0.15, 0.2) is 0 Å². The molecule has 0 aromatic heterocycles. The first-order valence-corrected chi connectivity index (χ1v) is 3.93. The standard InChI is InChI=1S/C7H14BN/c1-2-3-4-7-5-6-9-8-7/h7H,2-6H2,1H3. The van der Waals surface area contributed by atoms with Crippen molar-refractivity contribution in [3.63, 3.8) is 0 Å².